The summed E-state index contributed by atoms with van der Waals surface area (Å²) >= 11 is 0. The Kier molecular flexibility index (Phi) is 10.9. The van der Waals surface area contributed by atoms with Gasteiger partial charge >= 0.3 is 23.1 Å². The van der Waals surface area contributed by atoms with Gasteiger partial charge in [0, 0.05) is 0 Å². The van der Waals surface area contributed by atoms with Crippen molar-refractivity contribution in [2.75, 3.05) is 7.11 Å². The molecule has 0 saturated carbocycles. The minimum atomic E-state index is 0. The van der Waals surface area contributed by atoms with Gasteiger partial charge < -0.3 is 10.2 Å². The third-order valence-corrected chi connectivity index (χ3v) is 0.743. The Morgan fingerprint density at radius 2 is 1.40 bits per heavy atom. The third kappa shape index (κ3) is 5.88. The molecule has 0 aromatic heterocycles. The van der Waals surface area contributed by atoms with Gasteiger partial charge in [-0.1, -0.05) is 30.3 Å². The molecule has 0 saturated heterocycles. The minimum absolute atomic E-state index is 0. The van der Waals surface area contributed by atoms with E-state index in [2.05, 4.69) is 0 Å². The predicted molar refractivity (Wildman–Crippen MR) is 37.6 cm³/mol. The van der Waals surface area contributed by atoms with Gasteiger partial charge in [-0.25, -0.2) is 0 Å². The van der Waals surface area contributed by atoms with Crippen LogP contribution >= 0.6 is 0 Å². The summed E-state index contributed by atoms with van der Waals surface area (Å²) in [7, 11) is 0.750. The molecule has 0 aliphatic carbocycles. The Morgan fingerprint density at radius 1 is 1.00 bits per heavy atom. The van der Waals surface area contributed by atoms with Crippen molar-refractivity contribution in [1.82, 2.24) is 0 Å². The maximum atomic E-state index is 10.3. The van der Waals surface area contributed by atoms with Gasteiger partial charge in [0.25, 0.3) is 0 Å². The van der Waals surface area contributed by atoms with Crippen LogP contribution in [0.2, 0.25) is 0 Å². The molecule has 50 valence electrons. The fourth-order valence-corrected chi connectivity index (χ4v) is 0.420. The van der Waals surface area contributed by atoms with Crippen molar-refractivity contribution in [3.05, 3.63) is 30.3 Å². The maximum Gasteiger partial charge on any atom is 2.00 e. The normalized spacial score (nSPS) is 6.60. The first kappa shape index (κ1) is 12.4. The Hall–Kier alpha value is -0.254. The number of benzene rings is 1. The summed E-state index contributed by atoms with van der Waals surface area (Å²) in [6.07, 6.45) is 0. The zero-order chi connectivity index (χ0) is 7.11. The second-order valence-electron chi connectivity index (χ2n) is 1.31. The fraction of sp³-hybridized carbons (Fsp3) is 0.143. The van der Waals surface area contributed by atoms with Gasteiger partial charge in [-0.05, 0) is 0 Å². The molecule has 0 heterocycles. The Bertz CT molecular complexity index is 142. The van der Waals surface area contributed by atoms with Crippen LogP contribution in [0.3, 0.4) is 0 Å². The number of hydrogen-bond acceptors (Lipinski definition) is 2. The van der Waals surface area contributed by atoms with Crippen LogP contribution < -0.4 is 10.2 Å². The molecule has 1 aromatic rings. The molecule has 3 heteroatoms. The van der Waals surface area contributed by atoms with E-state index < -0.39 is 0 Å². The predicted octanol–water partition coefficient (Wildman–Crippen LogP) is -0.644. The van der Waals surface area contributed by atoms with Crippen LogP contribution in [0.5, 0.6) is 5.75 Å². The largest absolute Gasteiger partial charge is 2.00 e. The van der Waals surface area contributed by atoms with Gasteiger partial charge in [0.05, 0.1) is 0 Å². The summed E-state index contributed by atoms with van der Waals surface area (Å²) in [6, 6.07) is 8.33. The molecule has 2 nitrogen and oxygen atoms in total. The summed E-state index contributed by atoms with van der Waals surface area (Å²) in [5, 5.41) is 18.5. The summed E-state index contributed by atoms with van der Waals surface area (Å²) < 4.78 is 0. The van der Waals surface area contributed by atoms with E-state index in [1.165, 1.54) is 12.1 Å². The first-order chi connectivity index (χ1) is 4.39. The molecular weight excluding hydrogens is 140 g/mol. The molecule has 0 aliphatic heterocycles. The van der Waals surface area contributed by atoms with Gasteiger partial charge in [0.1, 0.15) is 0 Å². The molecule has 1 rings (SSSR count). The van der Waals surface area contributed by atoms with Crippen molar-refractivity contribution < 1.29 is 10.2 Å². The van der Waals surface area contributed by atoms with E-state index in [0.29, 0.717) is 0 Å². The van der Waals surface area contributed by atoms with Gasteiger partial charge in [-0.3, -0.25) is 0 Å². The van der Waals surface area contributed by atoms with Crippen LogP contribution in [-0.2, 0) is 0 Å². The molecule has 0 spiro atoms. The SMILES string of the molecule is C[O-].[Mg+2].[O-]c1ccccc1. The van der Waals surface area contributed by atoms with E-state index in [4.69, 9.17) is 5.11 Å². The van der Waals surface area contributed by atoms with Gasteiger partial charge in [0.2, 0.25) is 0 Å². The Labute approximate surface area is 76.7 Å². The Morgan fingerprint density at radius 3 is 1.60 bits per heavy atom. The first-order valence-electron chi connectivity index (χ1n) is 2.52. The van der Waals surface area contributed by atoms with Crippen molar-refractivity contribution >= 4 is 23.1 Å². The smallest absolute Gasteiger partial charge is 0.872 e. The molecule has 0 aliphatic rings. The summed E-state index contributed by atoms with van der Waals surface area (Å²) in [6.45, 7) is 0. The zero-order valence-corrected chi connectivity index (χ0v) is 7.32. The topological polar surface area (TPSA) is 46.1 Å². The van der Waals surface area contributed by atoms with Crippen molar-refractivity contribution in [2.24, 2.45) is 0 Å². The van der Waals surface area contributed by atoms with Crippen molar-refractivity contribution in [3.8, 4) is 5.75 Å². The standard InChI is InChI=1S/C6H6O.CH3O.Mg/c7-6-4-2-1-3-5-6;1-2;/h1-5,7H;1H3;/q;-1;+2/p-1. The van der Waals surface area contributed by atoms with Crippen LogP contribution in [0.4, 0.5) is 0 Å². The molecule has 0 bridgehead atoms. The fourth-order valence-electron chi connectivity index (χ4n) is 0.420. The van der Waals surface area contributed by atoms with Crippen molar-refractivity contribution in [1.29, 1.82) is 0 Å². The number of rotatable bonds is 0. The van der Waals surface area contributed by atoms with Crippen molar-refractivity contribution in [3.63, 3.8) is 0 Å². The van der Waals surface area contributed by atoms with Crippen LogP contribution in [0.25, 0.3) is 0 Å². The molecule has 0 radical (unpaired) electrons. The quantitative estimate of drug-likeness (QED) is 0.459. The van der Waals surface area contributed by atoms with Gasteiger partial charge in [0.15, 0.2) is 0 Å². The molecule has 10 heavy (non-hydrogen) atoms. The van der Waals surface area contributed by atoms with E-state index in [0.717, 1.165) is 7.11 Å². The molecule has 0 fully saturated rings. The molecular formula is C7H8MgO2. The Balaban J connectivity index is 0. The second kappa shape index (κ2) is 8.75. The molecule has 0 N–H and O–H groups in total. The average Bonchev–Trinajstić information content (AvgIpc) is 1.94. The molecule has 1 aromatic carbocycles. The van der Waals surface area contributed by atoms with Crippen LogP contribution in [-0.4, -0.2) is 30.2 Å². The minimum Gasteiger partial charge on any atom is -0.872 e. The van der Waals surface area contributed by atoms with E-state index >= 15 is 0 Å². The third-order valence-electron chi connectivity index (χ3n) is 0.743. The summed E-state index contributed by atoms with van der Waals surface area (Å²) in [5.41, 5.74) is 0. The van der Waals surface area contributed by atoms with Crippen LogP contribution in [0.1, 0.15) is 0 Å². The first-order valence-corrected chi connectivity index (χ1v) is 2.52. The number of para-hydroxylation sites is 1. The maximum absolute atomic E-state index is 10.3. The zero-order valence-electron chi connectivity index (χ0n) is 5.91. The van der Waals surface area contributed by atoms with Gasteiger partial charge in [-0.2, -0.15) is 7.11 Å². The molecule has 0 unspecified atom stereocenters. The van der Waals surface area contributed by atoms with E-state index in [1.807, 2.05) is 6.07 Å². The van der Waals surface area contributed by atoms with E-state index in [1.54, 1.807) is 12.1 Å². The van der Waals surface area contributed by atoms with Crippen molar-refractivity contribution in [2.45, 2.75) is 0 Å². The van der Waals surface area contributed by atoms with E-state index in [-0.39, 0.29) is 28.8 Å². The number of hydrogen-bond donors (Lipinski definition) is 0. The monoisotopic (exact) mass is 148 g/mol. The van der Waals surface area contributed by atoms with Crippen LogP contribution in [0.15, 0.2) is 30.3 Å². The average molecular weight is 148 g/mol. The summed E-state index contributed by atoms with van der Waals surface area (Å²) in [4.78, 5) is 0. The molecule has 0 atom stereocenters. The van der Waals surface area contributed by atoms with E-state index in [9.17, 15) is 5.11 Å². The van der Waals surface area contributed by atoms with Gasteiger partial charge in [-0.15, -0.1) is 5.75 Å². The second-order valence-corrected chi connectivity index (χ2v) is 1.31. The summed E-state index contributed by atoms with van der Waals surface area (Å²) in [5.74, 6) is 0.0718. The van der Waals surface area contributed by atoms with Crippen LogP contribution in [0, 0.1) is 0 Å². The molecule has 0 amide bonds.